The van der Waals surface area contributed by atoms with Crippen molar-refractivity contribution in [2.75, 3.05) is 18.5 Å². The number of nitrogens with one attached hydrogen (secondary N) is 1. The Balaban J connectivity index is 1.62. The minimum absolute atomic E-state index is 0.0772. The van der Waals surface area contributed by atoms with E-state index in [2.05, 4.69) is 17.4 Å². The average Bonchev–Trinajstić information content (AvgIpc) is 2.73. The van der Waals surface area contributed by atoms with Crippen LogP contribution in [0, 0.1) is 0 Å². The number of hydrogen-bond acceptors (Lipinski definition) is 3. The van der Waals surface area contributed by atoms with Gasteiger partial charge in [0.2, 0.25) is 0 Å². The fraction of sp³-hybridized carbons (Fsp3) is 0.208. The van der Waals surface area contributed by atoms with Crippen molar-refractivity contribution in [3.8, 4) is 11.5 Å². The van der Waals surface area contributed by atoms with E-state index in [1.165, 1.54) is 5.56 Å². The van der Waals surface area contributed by atoms with Gasteiger partial charge in [0.15, 0.2) is 18.1 Å². The molecule has 4 nitrogen and oxygen atoms in total. The van der Waals surface area contributed by atoms with Gasteiger partial charge in [0.05, 0.1) is 6.61 Å². The van der Waals surface area contributed by atoms with Gasteiger partial charge in [-0.05, 0) is 42.2 Å². The van der Waals surface area contributed by atoms with Crippen LogP contribution in [-0.2, 0) is 11.2 Å². The van der Waals surface area contributed by atoms with Gasteiger partial charge in [-0.25, -0.2) is 0 Å². The zero-order valence-corrected chi connectivity index (χ0v) is 16.1. The first-order valence-electron chi connectivity index (χ1n) is 9.52. The van der Waals surface area contributed by atoms with Crippen molar-refractivity contribution in [2.24, 2.45) is 0 Å². The molecule has 3 aromatic rings. The molecular formula is C24H25NO3. The molecule has 0 saturated carbocycles. The number of amides is 1. The number of para-hydroxylation sites is 3. The van der Waals surface area contributed by atoms with Gasteiger partial charge in [0.25, 0.3) is 5.91 Å². The van der Waals surface area contributed by atoms with Crippen LogP contribution in [0.3, 0.4) is 0 Å². The van der Waals surface area contributed by atoms with Crippen molar-refractivity contribution in [2.45, 2.75) is 19.8 Å². The summed E-state index contributed by atoms with van der Waals surface area (Å²) in [4.78, 5) is 12.4. The van der Waals surface area contributed by atoms with E-state index in [1.54, 1.807) is 0 Å². The molecule has 3 rings (SSSR count). The first-order chi connectivity index (χ1) is 13.8. The molecule has 0 heterocycles. The molecule has 0 aliphatic heterocycles. The highest BCUT2D eigenvalue weighted by molar-refractivity contribution is 5.92. The van der Waals surface area contributed by atoms with E-state index in [9.17, 15) is 4.79 Å². The first-order valence-corrected chi connectivity index (χ1v) is 9.52. The maximum atomic E-state index is 12.4. The number of benzene rings is 3. The summed E-state index contributed by atoms with van der Waals surface area (Å²) in [5.41, 5.74) is 3.06. The third kappa shape index (κ3) is 5.61. The van der Waals surface area contributed by atoms with Crippen molar-refractivity contribution in [1.82, 2.24) is 0 Å². The molecule has 3 aromatic carbocycles. The smallest absolute Gasteiger partial charge is 0.262 e. The van der Waals surface area contributed by atoms with Gasteiger partial charge >= 0.3 is 0 Å². The molecule has 144 valence electrons. The topological polar surface area (TPSA) is 47.6 Å². The Hall–Kier alpha value is -3.27. The SMILES string of the molecule is CCCOc1ccccc1OCC(=O)Nc1ccccc1Cc1ccccc1. The van der Waals surface area contributed by atoms with E-state index in [0.717, 1.165) is 24.1 Å². The van der Waals surface area contributed by atoms with Crippen LogP contribution in [0.25, 0.3) is 0 Å². The number of hydrogen-bond donors (Lipinski definition) is 1. The molecule has 0 saturated heterocycles. The molecule has 28 heavy (non-hydrogen) atoms. The van der Waals surface area contributed by atoms with Crippen molar-refractivity contribution < 1.29 is 14.3 Å². The van der Waals surface area contributed by atoms with Crippen LogP contribution in [0.1, 0.15) is 24.5 Å². The largest absolute Gasteiger partial charge is 0.490 e. The molecule has 0 unspecified atom stereocenters. The highest BCUT2D eigenvalue weighted by Crippen LogP contribution is 2.26. The van der Waals surface area contributed by atoms with Gasteiger partial charge in [-0.2, -0.15) is 0 Å². The summed E-state index contributed by atoms with van der Waals surface area (Å²) in [7, 11) is 0. The summed E-state index contributed by atoms with van der Waals surface area (Å²) in [6, 6.07) is 25.4. The van der Waals surface area contributed by atoms with Gasteiger partial charge in [-0.1, -0.05) is 67.6 Å². The zero-order valence-electron chi connectivity index (χ0n) is 16.1. The van der Waals surface area contributed by atoms with Crippen molar-refractivity contribution in [3.63, 3.8) is 0 Å². The van der Waals surface area contributed by atoms with E-state index in [-0.39, 0.29) is 12.5 Å². The normalized spacial score (nSPS) is 10.3. The Labute approximate surface area is 166 Å². The summed E-state index contributed by atoms with van der Waals surface area (Å²) >= 11 is 0. The minimum Gasteiger partial charge on any atom is -0.490 e. The zero-order chi connectivity index (χ0) is 19.6. The van der Waals surface area contributed by atoms with Crippen molar-refractivity contribution >= 4 is 11.6 Å². The molecule has 1 amide bonds. The van der Waals surface area contributed by atoms with E-state index in [1.807, 2.05) is 73.7 Å². The van der Waals surface area contributed by atoms with Crippen LogP contribution >= 0.6 is 0 Å². The number of ether oxygens (including phenoxy) is 2. The molecule has 0 atom stereocenters. The Morgan fingerprint density at radius 3 is 2.21 bits per heavy atom. The van der Waals surface area contributed by atoms with Crippen LogP contribution in [0.2, 0.25) is 0 Å². The van der Waals surface area contributed by atoms with Gasteiger partial charge < -0.3 is 14.8 Å². The van der Waals surface area contributed by atoms with Crippen LogP contribution in [0.15, 0.2) is 78.9 Å². The van der Waals surface area contributed by atoms with Gasteiger partial charge in [-0.15, -0.1) is 0 Å². The highest BCUT2D eigenvalue weighted by atomic mass is 16.5. The Kier molecular flexibility index (Phi) is 7.08. The molecule has 0 aromatic heterocycles. The average molecular weight is 375 g/mol. The lowest BCUT2D eigenvalue weighted by Crippen LogP contribution is -2.21. The van der Waals surface area contributed by atoms with E-state index in [4.69, 9.17) is 9.47 Å². The summed E-state index contributed by atoms with van der Waals surface area (Å²) in [6.45, 7) is 2.58. The Morgan fingerprint density at radius 1 is 0.821 bits per heavy atom. The van der Waals surface area contributed by atoms with Gasteiger partial charge in [0.1, 0.15) is 0 Å². The first kappa shape index (κ1) is 19.5. The second-order valence-electron chi connectivity index (χ2n) is 6.45. The fourth-order valence-corrected chi connectivity index (χ4v) is 2.84. The molecular weight excluding hydrogens is 350 g/mol. The minimum atomic E-state index is -0.203. The molecule has 1 N–H and O–H groups in total. The van der Waals surface area contributed by atoms with Crippen molar-refractivity contribution in [1.29, 1.82) is 0 Å². The van der Waals surface area contributed by atoms with Crippen molar-refractivity contribution in [3.05, 3.63) is 90.0 Å². The molecule has 0 spiro atoms. The second kappa shape index (κ2) is 10.2. The van der Waals surface area contributed by atoms with E-state index in [0.29, 0.717) is 18.1 Å². The monoisotopic (exact) mass is 375 g/mol. The third-order valence-corrected chi connectivity index (χ3v) is 4.20. The number of rotatable bonds is 9. The van der Waals surface area contributed by atoms with E-state index >= 15 is 0 Å². The van der Waals surface area contributed by atoms with Crippen LogP contribution in [0.5, 0.6) is 11.5 Å². The fourth-order valence-electron chi connectivity index (χ4n) is 2.84. The molecule has 0 aliphatic carbocycles. The predicted molar refractivity (Wildman–Crippen MR) is 112 cm³/mol. The van der Waals surface area contributed by atoms with Crippen LogP contribution in [-0.4, -0.2) is 19.1 Å². The maximum Gasteiger partial charge on any atom is 0.262 e. The predicted octanol–water partition coefficient (Wildman–Crippen LogP) is 5.08. The Bertz CT molecular complexity index is 893. The summed E-state index contributed by atoms with van der Waals surface area (Å²) < 4.78 is 11.4. The third-order valence-electron chi connectivity index (χ3n) is 4.20. The second-order valence-corrected chi connectivity index (χ2v) is 6.45. The number of anilines is 1. The molecule has 0 bridgehead atoms. The number of carbonyl (C=O) groups excluding carboxylic acids is 1. The highest BCUT2D eigenvalue weighted by Gasteiger charge is 2.10. The lowest BCUT2D eigenvalue weighted by Gasteiger charge is -2.14. The molecule has 0 radical (unpaired) electrons. The van der Waals surface area contributed by atoms with Crippen LogP contribution < -0.4 is 14.8 Å². The Morgan fingerprint density at radius 2 is 1.46 bits per heavy atom. The number of carbonyl (C=O) groups is 1. The quantitative estimate of drug-likeness (QED) is 0.567. The summed E-state index contributed by atoms with van der Waals surface area (Å²) in [5.74, 6) is 1.02. The molecule has 0 aliphatic rings. The summed E-state index contributed by atoms with van der Waals surface area (Å²) in [6.07, 6.45) is 1.67. The summed E-state index contributed by atoms with van der Waals surface area (Å²) in [5, 5.41) is 2.96. The lowest BCUT2D eigenvalue weighted by atomic mass is 10.0. The standard InChI is InChI=1S/C24H25NO3/c1-2-16-27-22-14-8-9-15-23(22)28-18-24(26)25-21-13-7-6-12-20(21)17-19-10-4-3-5-11-19/h3-15H,2,16-18H2,1H3,(H,25,26). The van der Waals surface area contributed by atoms with Gasteiger partial charge in [0, 0.05) is 5.69 Å². The molecule has 4 heteroatoms. The van der Waals surface area contributed by atoms with Crippen LogP contribution in [0.4, 0.5) is 5.69 Å². The molecule has 0 fully saturated rings. The lowest BCUT2D eigenvalue weighted by molar-refractivity contribution is -0.118. The maximum absolute atomic E-state index is 12.4. The van der Waals surface area contributed by atoms with Gasteiger partial charge in [-0.3, -0.25) is 4.79 Å². The van der Waals surface area contributed by atoms with E-state index < -0.39 is 0 Å².